The molecule has 1 aromatic rings. The van der Waals surface area contributed by atoms with Crippen molar-refractivity contribution in [3.05, 3.63) is 38.3 Å². The molecule has 0 aliphatic rings. The van der Waals surface area contributed by atoms with Crippen LogP contribution in [-0.2, 0) is 0 Å². The van der Waals surface area contributed by atoms with Crippen LogP contribution in [-0.4, -0.2) is 28.6 Å². The number of nitrogens with zero attached hydrogens (tertiary/aromatic N) is 1. The highest BCUT2D eigenvalue weighted by atomic mass is 79.9. The van der Waals surface area contributed by atoms with Crippen LogP contribution in [0.1, 0.15) is 17.3 Å². The van der Waals surface area contributed by atoms with Gasteiger partial charge < -0.3 is 10.4 Å². The van der Waals surface area contributed by atoms with Gasteiger partial charge >= 0.3 is 0 Å². The van der Waals surface area contributed by atoms with Gasteiger partial charge in [0.1, 0.15) is 0 Å². The van der Waals surface area contributed by atoms with E-state index in [2.05, 4.69) is 21.2 Å². The Morgan fingerprint density at radius 1 is 1.65 bits per heavy atom. The zero-order valence-corrected chi connectivity index (χ0v) is 10.6. The van der Waals surface area contributed by atoms with Crippen molar-refractivity contribution in [2.45, 2.75) is 13.0 Å². The minimum absolute atomic E-state index is 0.0999. The zero-order chi connectivity index (χ0) is 13.0. The van der Waals surface area contributed by atoms with E-state index in [1.807, 2.05) is 0 Å². The highest BCUT2D eigenvalue weighted by molar-refractivity contribution is 9.10. The van der Waals surface area contributed by atoms with E-state index in [1.165, 1.54) is 25.1 Å². The molecule has 0 aromatic heterocycles. The lowest BCUT2D eigenvalue weighted by molar-refractivity contribution is -0.385. The van der Waals surface area contributed by atoms with Gasteiger partial charge in [0.15, 0.2) is 0 Å². The number of hydrogen-bond donors (Lipinski definition) is 2. The number of aliphatic hydroxyl groups is 1. The Labute approximate surface area is 106 Å². The SMILES string of the molecule is CC(O)CNC(=O)c1ccc(Br)c([N+](=O)[O-])c1. The molecule has 0 heterocycles. The Kier molecular flexibility index (Phi) is 4.59. The van der Waals surface area contributed by atoms with Crippen LogP contribution in [0, 0.1) is 10.1 Å². The summed E-state index contributed by atoms with van der Waals surface area (Å²) in [5.41, 5.74) is 0.00949. The van der Waals surface area contributed by atoms with Crippen molar-refractivity contribution < 1.29 is 14.8 Å². The summed E-state index contributed by atoms with van der Waals surface area (Å²) in [5.74, 6) is -0.457. The summed E-state index contributed by atoms with van der Waals surface area (Å²) < 4.78 is 0.314. The van der Waals surface area contributed by atoms with Gasteiger partial charge in [0.25, 0.3) is 11.6 Å². The van der Waals surface area contributed by atoms with Gasteiger partial charge in [-0.3, -0.25) is 14.9 Å². The third-order valence-corrected chi connectivity index (χ3v) is 2.63. The average molecular weight is 303 g/mol. The predicted molar refractivity (Wildman–Crippen MR) is 64.8 cm³/mol. The normalized spacial score (nSPS) is 11.9. The summed E-state index contributed by atoms with van der Waals surface area (Å²) in [5, 5.41) is 22.1. The van der Waals surface area contributed by atoms with E-state index in [4.69, 9.17) is 5.11 Å². The largest absolute Gasteiger partial charge is 0.392 e. The molecule has 0 bridgehead atoms. The Balaban J connectivity index is 2.88. The number of nitro groups is 1. The number of benzene rings is 1. The molecule has 0 saturated heterocycles. The van der Waals surface area contributed by atoms with Crippen molar-refractivity contribution in [1.29, 1.82) is 0 Å². The molecule has 0 saturated carbocycles. The molecule has 0 spiro atoms. The van der Waals surface area contributed by atoms with Gasteiger partial charge in [-0.25, -0.2) is 0 Å². The Morgan fingerprint density at radius 2 is 2.29 bits per heavy atom. The van der Waals surface area contributed by atoms with Crippen molar-refractivity contribution in [2.24, 2.45) is 0 Å². The van der Waals surface area contributed by atoms with Crippen LogP contribution in [0.5, 0.6) is 0 Å². The second-order valence-corrected chi connectivity index (χ2v) is 4.34. The van der Waals surface area contributed by atoms with Gasteiger partial charge in [0.05, 0.1) is 15.5 Å². The first kappa shape index (κ1) is 13.6. The van der Waals surface area contributed by atoms with Gasteiger partial charge in [-0.1, -0.05) is 0 Å². The topological polar surface area (TPSA) is 92.5 Å². The number of rotatable bonds is 4. The Morgan fingerprint density at radius 3 is 2.82 bits per heavy atom. The lowest BCUT2D eigenvalue weighted by Gasteiger charge is -2.07. The van der Waals surface area contributed by atoms with Crippen LogP contribution >= 0.6 is 15.9 Å². The van der Waals surface area contributed by atoms with Crippen molar-refractivity contribution in [1.82, 2.24) is 5.32 Å². The van der Waals surface area contributed by atoms with E-state index in [9.17, 15) is 14.9 Å². The van der Waals surface area contributed by atoms with Crippen LogP contribution in [0.4, 0.5) is 5.69 Å². The number of amides is 1. The van der Waals surface area contributed by atoms with Crippen LogP contribution in [0.2, 0.25) is 0 Å². The summed E-state index contributed by atoms with van der Waals surface area (Å²) in [6, 6.07) is 4.09. The van der Waals surface area contributed by atoms with E-state index in [-0.39, 0.29) is 17.8 Å². The first-order chi connectivity index (χ1) is 7.91. The van der Waals surface area contributed by atoms with Crippen LogP contribution < -0.4 is 5.32 Å². The summed E-state index contributed by atoms with van der Waals surface area (Å²) in [4.78, 5) is 21.7. The average Bonchev–Trinajstić information content (AvgIpc) is 2.26. The van der Waals surface area contributed by atoms with Gasteiger partial charge in [-0.05, 0) is 35.0 Å². The molecule has 7 heteroatoms. The molecule has 1 rings (SSSR count). The third kappa shape index (κ3) is 3.79. The second kappa shape index (κ2) is 5.74. The molecule has 6 nitrogen and oxygen atoms in total. The molecule has 17 heavy (non-hydrogen) atoms. The first-order valence-corrected chi connectivity index (χ1v) is 5.61. The summed E-state index contributed by atoms with van der Waals surface area (Å²) in [6.07, 6.45) is -0.663. The number of aliphatic hydroxyl groups excluding tert-OH is 1. The van der Waals surface area contributed by atoms with E-state index >= 15 is 0 Å². The minimum atomic E-state index is -0.663. The standard InChI is InChI=1S/C10H11BrN2O4/c1-6(14)5-12-10(15)7-2-3-8(11)9(4-7)13(16)17/h2-4,6,14H,5H2,1H3,(H,12,15). The van der Waals surface area contributed by atoms with Crippen LogP contribution in [0.15, 0.2) is 22.7 Å². The van der Waals surface area contributed by atoms with E-state index in [1.54, 1.807) is 0 Å². The number of halogens is 1. The minimum Gasteiger partial charge on any atom is -0.392 e. The second-order valence-electron chi connectivity index (χ2n) is 3.48. The van der Waals surface area contributed by atoms with Crippen LogP contribution in [0.25, 0.3) is 0 Å². The molecule has 1 atom stereocenters. The maximum absolute atomic E-state index is 11.6. The van der Waals surface area contributed by atoms with Gasteiger partial charge in [-0.15, -0.1) is 0 Å². The maximum atomic E-state index is 11.6. The molecule has 0 fully saturated rings. The van der Waals surface area contributed by atoms with Crippen molar-refractivity contribution in [2.75, 3.05) is 6.54 Å². The third-order valence-electron chi connectivity index (χ3n) is 1.96. The van der Waals surface area contributed by atoms with E-state index < -0.39 is 16.9 Å². The number of carbonyl (C=O) groups is 1. The molecule has 1 amide bonds. The fraction of sp³-hybridized carbons (Fsp3) is 0.300. The summed E-state index contributed by atoms with van der Waals surface area (Å²) >= 11 is 3.03. The van der Waals surface area contributed by atoms with Crippen molar-refractivity contribution >= 4 is 27.5 Å². The lowest BCUT2D eigenvalue weighted by Crippen LogP contribution is -2.30. The number of hydrogen-bond acceptors (Lipinski definition) is 4. The van der Waals surface area contributed by atoms with Crippen molar-refractivity contribution in [3.8, 4) is 0 Å². The van der Waals surface area contributed by atoms with Gasteiger partial charge in [-0.2, -0.15) is 0 Å². The van der Waals surface area contributed by atoms with E-state index in [0.29, 0.717) is 4.47 Å². The first-order valence-electron chi connectivity index (χ1n) is 4.82. The molecule has 0 radical (unpaired) electrons. The summed E-state index contributed by atoms with van der Waals surface area (Å²) in [7, 11) is 0. The Bertz CT molecular complexity index is 448. The number of carbonyl (C=O) groups excluding carboxylic acids is 1. The molecule has 92 valence electrons. The zero-order valence-electron chi connectivity index (χ0n) is 9.01. The smallest absolute Gasteiger partial charge is 0.284 e. The van der Waals surface area contributed by atoms with Gasteiger partial charge in [0.2, 0.25) is 0 Å². The molecule has 1 aromatic carbocycles. The molecular formula is C10H11BrN2O4. The van der Waals surface area contributed by atoms with Gasteiger partial charge in [0, 0.05) is 18.2 Å². The summed E-state index contributed by atoms with van der Waals surface area (Å²) in [6.45, 7) is 1.63. The quantitative estimate of drug-likeness (QED) is 0.650. The highest BCUT2D eigenvalue weighted by Crippen LogP contribution is 2.25. The number of nitro benzene ring substituents is 1. The predicted octanol–water partition coefficient (Wildman–Crippen LogP) is 1.47. The molecular weight excluding hydrogens is 292 g/mol. The molecule has 0 aliphatic heterocycles. The fourth-order valence-electron chi connectivity index (χ4n) is 1.14. The molecule has 0 aliphatic carbocycles. The Hall–Kier alpha value is -1.47. The highest BCUT2D eigenvalue weighted by Gasteiger charge is 2.15. The lowest BCUT2D eigenvalue weighted by atomic mass is 10.2. The van der Waals surface area contributed by atoms with E-state index in [0.717, 1.165) is 0 Å². The maximum Gasteiger partial charge on any atom is 0.284 e. The fourth-order valence-corrected chi connectivity index (χ4v) is 1.53. The molecule has 2 N–H and O–H groups in total. The number of nitrogens with one attached hydrogen (secondary N) is 1. The van der Waals surface area contributed by atoms with Crippen LogP contribution in [0.3, 0.4) is 0 Å². The molecule has 1 unspecified atom stereocenters. The monoisotopic (exact) mass is 302 g/mol. The van der Waals surface area contributed by atoms with Crippen molar-refractivity contribution in [3.63, 3.8) is 0 Å².